The first-order valence-corrected chi connectivity index (χ1v) is 11.6. The van der Waals surface area contributed by atoms with Crippen LogP contribution in [0.2, 0.25) is 0 Å². The molecule has 2 amide bonds. The second-order valence-corrected chi connectivity index (χ2v) is 8.48. The molecule has 4 rings (SSSR count). The molecule has 9 nitrogen and oxygen atoms in total. The summed E-state index contributed by atoms with van der Waals surface area (Å²) in [6.07, 6.45) is 4.10. The van der Waals surface area contributed by atoms with Crippen molar-refractivity contribution in [3.05, 3.63) is 54.1 Å². The Balaban J connectivity index is 1.66. The van der Waals surface area contributed by atoms with Gasteiger partial charge >= 0.3 is 0 Å². The minimum absolute atomic E-state index is 0.0403. The standard InChI is InChI=1S/C25H31N5O4/c1-33-15-14-29(23(31)17-30-22-13-6-5-12-21(22)27-28-30)24(18-8-7-11-20(16-18)34-2)25(32)26-19-9-3-4-10-19/h5-8,11-13,16,19,24H,3-4,9-10,14-15,17H2,1-2H3,(H,26,32)/t24-/m1/s1. The van der Waals surface area contributed by atoms with Gasteiger partial charge in [-0.25, -0.2) is 4.68 Å². The summed E-state index contributed by atoms with van der Waals surface area (Å²) in [6.45, 7) is 0.504. The number of nitrogens with zero attached hydrogens (tertiary/aromatic N) is 4. The number of fused-ring (bicyclic) bond motifs is 1. The monoisotopic (exact) mass is 465 g/mol. The third-order valence-corrected chi connectivity index (χ3v) is 6.23. The van der Waals surface area contributed by atoms with Crippen LogP contribution >= 0.6 is 0 Å². The minimum Gasteiger partial charge on any atom is -0.497 e. The summed E-state index contributed by atoms with van der Waals surface area (Å²) in [5, 5.41) is 11.5. The zero-order chi connectivity index (χ0) is 23.9. The number of rotatable bonds is 10. The Kier molecular flexibility index (Phi) is 7.74. The number of methoxy groups -OCH3 is 2. The van der Waals surface area contributed by atoms with Gasteiger partial charge in [-0.15, -0.1) is 5.10 Å². The average Bonchev–Trinajstić information content (AvgIpc) is 3.51. The Labute approximate surface area is 199 Å². The molecule has 0 unspecified atom stereocenters. The third kappa shape index (κ3) is 5.36. The minimum atomic E-state index is -0.826. The van der Waals surface area contributed by atoms with Gasteiger partial charge < -0.3 is 19.7 Å². The maximum absolute atomic E-state index is 13.6. The second-order valence-electron chi connectivity index (χ2n) is 8.48. The van der Waals surface area contributed by atoms with E-state index in [4.69, 9.17) is 9.47 Å². The quantitative estimate of drug-likeness (QED) is 0.494. The molecule has 0 radical (unpaired) electrons. The molecule has 0 bridgehead atoms. The molecule has 1 aromatic heterocycles. The lowest BCUT2D eigenvalue weighted by Crippen LogP contribution is -2.48. The smallest absolute Gasteiger partial charge is 0.247 e. The number of ether oxygens (including phenoxy) is 2. The first-order valence-electron chi connectivity index (χ1n) is 11.6. The molecule has 1 saturated carbocycles. The van der Waals surface area contributed by atoms with E-state index in [1.807, 2.05) is 42.5 Å². The van der Waals surface area contributed by atoms with Crippen molar-refractivity contribution >= 4 is 22.8 Å². The van der Waals surface area contributed by atoms with Crippen molar-refractivity contribution in [2.75, 3.05) is 27.4 Å². The Hall–Kier alpha value is -3.46. The van der Waals surface area contributed by atoms with E-state index in [1.165, 1.54) is 0 Å². The summed E-state index contributed by atoms with van der Waals surface area (Å²) >= 11 is 0. The van der Waals surface area contributed by atoms with Crippen molar-refractivity contribution in [1.29, 1.82) is 0 Å². The summed E-state index contributed by atoms with van der Waals surface area (Å²) in [7, 11) is 3.16. The molecule has 0 spiro atoms. The molecule has 1 heterocycles. The number of carbonyl (C=O) groups is 2. The van der Waals surface area contributed by atoms with Crippen molar-refractivity contribution in [3.8, 4) is 5.75 Å². The highest BCUT2D eigenvalue weighted by atomic mass is 16.5. The zero-order valence-electron chi connectivity index (χ0n) is 19.6. The van der Waals surface area contributed by atoms with Gasteiger partial charge in [0, 0.05) is 19.7 Å². The van der Waals surface area contributed by atoms with Gasteiger partial charge in [-0.3, -0.25) is 9.59 Å². The molecule has 1 atom stereocenters. The Morgan fingerprint density at radius 1 is 1.15 bits per heavy atom. The van der Waals surface area contributed by atoms with Crippen molar-refractivity contribution in [2.45, 2.75) is 44.3 Å². The highest BCUT2D eigenvalue weighted by Crippen LogP contribution is 2.27. The van der Waals surface area contributed by atoms with Crippen LogP contribution in [-0.2, 0) is 20.9 Å². The molecule has 1 aliphatic rings. The topological polar surface area (TPSA) is 98.6 Å². The van der Waals surface area contributed by atoms with Crippen LogP contribution in [0.3, 0.4) is 0 Å². The Morgan fingerprint density at radius 2 is 1.94 bits per heavy atom. The van der Waals surface area contributed by atoms with Crippen molar-refractivity contribution in [3.63, 3.8) is 0 Å². The number of amides is 2. The fourth-order valence-corrected chi connectivity index (χ4v) is 4.48. The molecular weight excluding hydrogens is 434 g/mol. The Bertz CT molecular complexity index is 1130. The van der Waals surface area contributed by atoms with Gasteiger partial charge in [-0.2, -0.15) is 0 Å². The van der Waals surface area contributed by atoms with Gasteiger partial charge in [0.05, 0.1) is 19.2 Å². The molecule has 2 aromatic carbocycles. The molecule has 180 valence electrons. The summed E-state index contributed by atoms with van der Waals surface area (Å²) in [5.41, 5.74) is 2.15. The SMILES string of the molecule is COCCN(C(=O)Cn1nnc2ccccc21)[C@@H](C(=O)NC1CCCC1)c1cccc(OC)c1. The van der Waals surface area contributed by atoms with E-state index in [0.29, 0.717) is 23.4 Å². The predicted octanol–water partition coefficient (Wildman–Crippen LogP) is 2.71. The number of para-hydroxylation sites is 1. The van der Waals surface area contributed by atoms with Gasteiger partial charge in [-0.05, 0) is 42.7 Å². The van der Waals surface area contributed by atoms with Crippen molar-refractivity contribution in [1.82, 2.24) is 25.2 Å². The summed E-state index contributed by atoms with van der Waals surface area (Å²) < 4.78 is 12.2. The molecule has 34 heavy (non-hydrogen) atoms. The molecule has 0 aliphatic heterocycles. The summed E-state index contributed by atoms with van der Waals surface area (Å²) in [4.78, 5) is 28.8. The van der Waals surface area contributed by atoms with Crippen LogP contribution < -0.4 is 10.1 Å². The summed E-state index contributed by atoms with van der Waals surface area (Å²) in [5.74, 6) is 0.174. The second kappa shape index (κ2) is 11.1. The molecule has 0 saturated heterocycles. The van der Waals surface area contributed by atoms with Crippen molar-refractivity contribution in [2.24, 2.45) is 0 Å². The number of nitrogens with one attached hydrogen (secondary N) is 1. The number of hydrogen-bond acceptors (Lipinski definition) is 6. The number of aromatic nitrogens is 3. The zero-order valence-corrected chi connectivity index (χ0v) is 19.6. The van der Waals surface area contributed by atoms with E-state index >= 15 is 0 Å². The molecule has 3 aromatic rings. The van der Waals surface area contributed by atoms with Crippen LogP contribution in [0.1, 0.15) is 37.3 Å². The Morgan fingerprint density at radius 3 is 2.71 bits per heavy atom. The lowest BCUT2D eigenvalue weighted by atomic mass is 10.0. The van der Waals surface area contributed by atoms with Crippen LogP contribution in [0, 0.1) is 0 Å². The predicted molar refractivity (Wildman–Crippen MR) is 127 cm³/mol. The number of carbonyl (C=O) groups excluding carboxylic acids is 2. The molecule has 1 aliphatic carbocycles. The van der Waals surface area contributed by atoms with Gasteiger partial charge in [-0.1, -0.05) is 42.3 Å². The molecule has 1 N–H and O–H groups in total. The fourth-order valence-electron chi connectivity index (χ4n) is 4.48. The first-order chi connectivity index (χ1) is 16.6. The number of hydrogen-bond donors (Lipinski definition) is 1. The largest absolute Gasteiger partial charge is 0.497 e. The van der Waals surface area contributed by atoms with E-state index in [1.54, 1.807) is 29.9 Å². The van der Waals surface area contributed by atoms with Crippen LogP contribution in [0.5, 0.6) is 5.75 Å². The maximum atomic E-state index is 13.6. The highest BCUT2D eigenvalue weighted by molar-refractivity contribution is 5.89. The van der Waals surface area contributed by atoms with E-state index < -0.39 is 6.04 Å². The first kappa shape index (κ1) is 23.7. The lowest BCUT2D eigenvalue weighted by molar-refractivity contribution is -0.142. The van der Waals surface area contributed by atoms with Crippen LogP contribution in [0.15, 0.2) is 48.5 Å². The normalized spacial score (nSPS) is 14.8. The number of benzene rings is 2. The van der Waals surface area contributed by atoms with Crippen LogP contribution in [0.25, 0.3) is 11.0 Å². The van der Waals surface area contributed by atoms with Gasteiger partial charge in [0.1, 0.15) is 23.9 Å². The molecular formula is C25H31N5O4. The maximum Gasteiger partial charge on any atom is 0.247 e. The van der Waals surface area contributed by atoms with Crippen LogP contribution in [0.4, 0.5) is 0 Å². The average molecular weight is 466 g/mol. The van der Waals surface area contributed by atoms with E-state index in [0.717, 1.165) is 31.2 Å². The van der Waals surface area contributed by atoms with Gasteiger partial charge in [0.15, 0.2) is 0 Å². The summed E-state index contributed by atoms with van der Waals surface area (Å²) in [6, 6.07) is 14.1. The van der Waals surface area contributed by atoms with Crippen LogP contribution in [-0.4, -0.2) is 65.1 Å². The molecule has 9 heteroatoms. The third-order valence-electron chi connectivity index (χ3n) is 6.23. The highest BCUT2D eigenvalue weighted by Gasteiger charge is 2.33. The lowest BCUT2D eigenvalue weighted by Gasteiger charge is -2.32. The van der Waals surface area contributed by atoms with E-state index in [9.17, 15) is 9.59 Å². The van der Waals surface area contributed by atoms with Gasteiger partial charge in [0.25, 0.3) is 0 Å². The fraction of sp³-hybridized carbons (Fsp3) is 0.440. The molecule has 1 fully saturated rings. The van der Waals surface area contributed by atoms with Gasteiger partial charge in [0.2, 0.25) is 11.8 Å². The van der Waals surface area contributed by atoms with E-state index in [-0.39, 0.29) is 30.9 Å². The van der Waals surface area contributed by atoms with Crippen molar-refractivity contribution < 1.29 is 19.1 Å². The van der Waals surface area contributed by atoms with E-state index in [2.05, 4.69) is 15.6 Å².